The van der Waals surface area contributed by atoms with Crippen LogP contribution in [-0.2, 0) is 4.74 Å². The van der Waals surface area contributed by atoms with Crippen molar-refractivity contribution < 1.29 is 9.53 Å². The second-order valence-electron chi connectivity index (χ2n) is 5.13. The lowest BCUT2D eigenvalue weighted by Gasteiger charge is -2.29. The van der Waals surface area contributed by atoms with E-state index in [1.165, 1.54) is 0 Å². The van der Waals surface area contributed by atoms with E-state index in [9.17, 15) is 4.79 Å². The molecule has 0 aromatic carbocycles. The Morgan fingerprint density at radius 2 is 2.33 bits per heavy atom. The summed E-state index contributed by atoms with van der Waals surface area (Å²) >= 11 is 0. The molecule has 0 radical (unpaired) electrons. The Morgan fingerprint density at radius 3 is 2.80 bits per heavy atom. The second-order valence-corrected chi connectivity index (χ2v) is 5.13. The van der Waals surface area contributed by atoms with Gasteiger partial charge >= 0.3 is 6.09 Å². The molecule has 0 aliphatic carbocycles. The molecule has 4 heteroatoms. The van der Waals surface area contributed by atoms with Gasteiger partial charge in [-0.1, -0.05) is 0 Å². The summed E-state index contributed by atoms with van der Waals surface area (Å²) in [6, 6.07) is 0.587. The van der Waals surface area contributed by atoms with Crippen molar-refractivity contribution in [1.29, 1.82) is 0 Å². The van der Waals surface area contributed by atoms with Crippen molar-refractivity contribution in [1.82, 2.24) is 10.2 Å². The van der Waals surface area contributed by atoms with Crippen molar-refractivity contribution in [2.24, 2.45) is 5.92 Å². The van der Waals surface area contributed by atoms with Crippen LogP contribution < -0.4 is 5.32 Å². The van der Waals surface area contributed by atoms with Crippen LogP contribution in [0.4, 0.5) is 4.79 Å². The Labute approximate surface area is 91.0 Å². The summed E-state index contributed by atoms with van der Waals surface area (Å²) in [7, 11) is 0. The summed E-state index contributed by atoms with van der Waals surface area (Å²) in [5.74, 6) is 0.471. The van der Waals surface area contributed by atoms with Crippen molar-refractivity contribution in [2.45, 2.75) is 38.8 Å². The van der Waals surface area contributed by atoms with E-state index >= 15 is 0 Å². The van der Waals surface area contributed by atoms with Crippen molar-refractivity contribution in [3.8, 4) is 0 Å². The van der Waals surface area contributed by atoms with Crippen LogP contribution in [0.25, 0.3) is 0 Å². The minimum atomic E-state index is -0.291. The number of cyclic esters (lactones) is 1. The number of hydrogen-bond donors (Lipinski definition) is 1. The maximum Gasteiger partial charge on any atom is 0.407 e. The highest BCUT2D eigenvalue weighted by molar-refractivity contribution is 5.70. The molecule has 15 heavy (non-hydrogen) atoms. The fourth-order valence-corrected chi connectivity index (χ4v) is 2.51. The number of hydrogen-bond acceptors (Lipinski definition) is 3. The average molecular weight is 212 g/mol. The van der Waals surface area contributed by atoms with E-state index in [4.69, 9.17) is 4.74 Å². The molecule has 2 rings (SSSR count). The highest BCUT2D eigenvalue weighted by Crippen LogP contribution is 2.33. The van der Waals surface area contributed by atoms with Crippen LogP contribution in [0.15, 0.2) is 0 Å². The number of carbonyl (C=O) groups is 1. The van der Waals surface area contributed by atoms with E-state index in [1.807, 2.05) is 6.92 Å². The van der Waals surface area contributed by atoms with Gasteiger partial charge in [-0.2, -0.15) is 0 Å². The molecule has 4 nitrogen and oxygen atoms in total. The highest BCUT2D eigenvalue weighted by Gasteiger charge is 2.45. The molecule has 2 aliphatic rings. The number of nitrogens with one attached hydrogen (secondary N) is 1. The number of likely N-dealkylation sites (tertiary alicyclic amines) is 1. The first-order valence-electron chi connectivity index (χ1n) is 5.72. The second kappa shape index (κ2) is 3.67. The highest BCUT2D eigenvalue weighted by atomic mass is 16.6. The summed E-state index contributed by atoms with van der Waals surface area (Å²) in [6.07, 6.45) is 0.865. The average Bonchev–Trinajstić information content (AvgIpc) is 2.73. The normalized spacial score (nSPS) is 37.1. The molecule has 86 valence electrons. The molecule has 2 fully saturated rings. The summed E-state index contributed by atoms with van der Waals surface area (Å²) in [5.41, 5.74) is -0.291. The maximum absolute atomic E-state index is 11.1. The Hall–Kier alpha value is -0.770. The molecule has 0 bridgehead atoms. The van der Waals surface area contributed by atoms with Gasteiger partial charge in [-0.15, -0.1) is 0 Å². The van der Waals surface area contributed by atoms with Crippen LogP contribution >= 0.6 is 0 Å². The SMILES string of the molecule is CC(C)N1CCC(C2(C)CNC(=O)O2)C1. The van der Waals surface area contributed by atoms with Gasteiger partial charge in [-0.3, -0.25) is 0 Å². The maximum atomic E-state index is 11.1. The predicted molar refractivity (Wildman–Crippen MR) is 57.7 cm³/mol. The van der Waals surface area contributed by atoms with Gasteiger partial charge in [0, 0.05) is 18.5 Å². The number of carbonyl (C=O) groups excluding carboxylic acids is 1. The van der Waals surface area contributed by atoms with E-state index in [2.05, 4.69) is 24.1 Å². The minimum absolute atomic E-state index is 0.263. The van der Waals surface area contributed by atoms with Crippen molar-refractivity contribution in [2.75, 3.05) is 19.6 Å². The molecule has 0 aromatic rings. The first kappa shape index (κ1) is 10.7. The molecule has 2 atom stereocenters. The van der Waals surface area contributed by atoms with E-state index in [0.717, 1.165) is 19.5 Å². The summed E-state index contributed by atoms with van der Waals surface area (Å²) in [6.45, 7) is 9.29. The van der Waals surface area contributed by atoms with E-state index in [1.54, 1.807) is 0 Å². The van der Waals surface area contributed by atoms with Crippen molar-refractivity contribution >= 4 is 6.09 Å². The van der Waals surface area contributed by atoms with E-state index in [-0.39, 0.29) is 11.7 Å². The van der Waals surface area contributed by atoms with Gasteiger partial charge in [0.1, 0.15) is 5.60 Å². The topological polar surface area (TPSA) is 41.6 Å². The summed E-state index contributed by atoms with van der Waals surface area (Å²) in [4.78, 5) is 13.5. The van der Waals surface area contributed by atoms with Crippen LogP contribution in [0.2, 0.25) is 0 Å². The summed E-state index contributed by atoms with van der Waals surface area (Å²) in [5, 5.41) is 2.75. The largest absolute Gasteiger partial charge is 0.441 e. The molecular weight excluding hydrogens is 192 g/mol. The quantitative estimate of drug-likeness (QED) is 0.748. The molecular formula is C11H20N2O2. The third kappa shape index (κ3) is 1.95. The van der Waals surface area contributed by atoms with Gasteiger partial charge < -0.3 is 15.0 Å². The first-order chi connectivity index (χ1) is 7.01. The number of nitrogens with zero attached hydrogens (tertiary/aromatic N) is 1. The van der Waals surface area contributed by atoms with Crippen LogP contribution in [0.5, 0.6) is 0 Å². The Bertz CT molecular complexity index is 267. The van der Waals surface area contributed by atoms with Gasteiger partial charge in [-0.05, 0) is 33.7 Å². The third-order valence-electron chi connectivity index (χ3n) is 3.72. The molecule has 0 saturated carbocycles. The Kier molecular flexibility index (Phi) is 2.63. The van der Waals surface area contributed by atoms with Gasteiger partial charge in [0.25, 0.3) is 0 Å². The van der Waals surface area contributed by atoms with Gasteiger partial charge in [0.15, 0.2) is 0 Å². The molecule has 2 unspecified atom stereocenters. The van der Waals surface area contributed by atoms with Crippen molar-refractivity contribution in [3.05, 3.63) is 0 Å². The zero-order valence-corrected chi connectivity index (χ0v) is 9.75. The molecule has 2 heterocycles. The lowest BCUT2D eigenvalue weighted by atomic mass is 9.88. The van der Waals surface area contributed by atoms with E-state index in [0.29, 0.717) is 18.5 Å². The Balaban J connectivity index is 1.98. The third-order valence-corrected chi connectivity index (χ3v) is 3.72. The molecule has 2 saturated heterocycles. The number of alkyl carbamates (subject to hydrolysis) is 1. The minimum Gasteiger partial charge on any atom is -0.441 e. The van der Waals surface area contributed by atoms with E-state index < -0.39 is 0 Å². The standard InChI is InChI=1S/C11H20N2O2/c1-8(2)13-5-4-9(6-13)11(3)7-12-10(14)15-11/h8-9H,4-7H2,1-3H3,(H,12,14). The molecule has 2 aliphatic heterocycles. The molecule has 0 aromatic heterocycles. The number of ether oxygens (including phenoxy) is 1. The fourth-order valence-electron chi connectivity index (χ4n) is 2.51. The van der Waals surface area contributed by atoms with Crippen LogP contribution in [0.1, 0.15) is 27.2 Å². The lowest BCUT2D eigenvalue weighted by Crippen LogP contribution is -2.40. The van der Waals surface area contributed by atoms with Crippen molar-refractivity contribution in [3.63, 3.8) is 0 Å². The first-order valence-corrected chi connectivity index (χ1v) is 5.72. The summed E-state index contributed by atoms with van der Waals surface area (Å²) < 4.78 is 5.38. The smallest absolute Gasteiger partial charge is 0.407 e. The zero-order valence-electron chi connectivity index (χ0n) is 9.75. The van der Waals surface area contributed by atoms with Crippen LogP contribution in [0.3, 0.4) is 0 Å². The zero-order chi connectivity index (χ0) is 11.1. The molecule has 0 spiro atoms. The number of amides is 1. The fraction of sp³-hybridized carbons (Fsp3) is 0.909. The Morgan fingerprint density at radius 1 is 1.60 bits per heavy atom. The number of rotatable bonds is 2. The predicted octanol–water partition coefficient (Wildman–Crippen LogP) is 1.22. The molecule has 1 amide bonds. The van der Waals surface area contributed by atoms with Crippen LogP contribution in [0, 0.1) is 5.92 Å². The lowest BCUT2D eigenvalue weighted by molar-refractivity contribution is 0.0237. The van der Waals surface area contributed by atoms with Gasteiger partial charge in [-0.25, -0.2) is 4.79 Å². The van der Waals surface area contributed by atoms with Crippen LogP contribution in [-0.4, -0.2) is 42.3 Å². The van der Waals surface area contributed by atoms with Gasteiger partial charge in [0.2, 0.25) is 0 Å². The van der Waals surface area contributed by atoms with Gasteiger partial charge in [0.05, 0.1) is 6.54 Å². The molecule has 1 N–H and O–H groups in total. The monoisotopic (exact) mass is 212 g/mol.